The first kappa shape index (κ1) is 16.6. The molecule has 2 N–H and O–H groups in total. The summed E-state index contributed by atoms with van der Waals surface area (Å²) in [4.78, 5) is 14.6. The number of methoxy groups -OCH3 is 1. The van der Waals surface area contributed by atoms with E-state index in [0.717, 1.165) is 22.6 Å². The summed E-state index contributed by atoms with van der Waals surface area (Å²) in [5.41, 5.74) is 3.35. The molecule has 0 fully saturated rings. The normalized spacial score (nSPS) is 10.7. The van der Waals surface area contributed by atoms with Gasteiger partial charge in [0.25, 0.3) is 5.56 Å². The number of terminal acetylenes is 1. The summed E-state index contributed by atoms with van der Waals surface area (Å²) in [5, 5.41) is 10.5. The fraction of sp³-hybridized carbons (Fsp3) is 0.0455. The number of H-pyrrole nitrogens is 1. The zero-order chi connectivity index (χ0) is 19.0. The quantitative estimate of drug-likeness (QED) is 0.550. The molecule has 0 unspecified atom stereocenters. The molecular weight excluding hydrogens is 340 g/mol. The minimum absolute atomic E-state index is 0.0737. The van der Waals surface area contributed by atoms with Crippen molar-refractivity contribution < 1.29 is 9.84 Å². The van der Waals surface area contributed by atoms with E-state index in [9.17, 15) is 9.90 Å². The first-order valence-corrected chi connectivity index (χ1v) is 8.30. The van der Waals surface area contributed by atoms with Gasteiger partial charge in [-0.25, -0.2) is 0 Å². The van der Waals surface area contributed by atoms with Crippen LogP contribution in [0.1, 0.15) is 5.56 Å². The van der Waals surface area contributed by atoms with E-state index < -0.39 is 5.56 Å². The van der Waals surface area contributed by atoms with Crippen molar-refractivity contribution in [2.75, 3.05) is 7.11 Å². The zero-order valence-corrected chi connectivity index (χ0v) is 14.6. The van der Waals surface area contributed by atoms with Crippen LogP contribution in [-0.2, 0) is 0 Å². The van der Waals surface area contributed by atoms with Crippen LogP contribution in [0.2, 0.25) is 0 Å². The summed E-state index contributed by atoms with van der Waals surface area (Å²) in [5.74, 6) is 2.85. The fourth-order valence-corrected chi connectivity index (χ4v) is 3.15. The van der Waals surface area contributed by atoms with E-state index in [-0.39, 0.29) is 11.3 Å². The Labute approximate surface area is 155 Å². The Hall–Kier alpha value is -3.91. The van der Waals surface area contributed by atoms with Crippen LogP contribution in [0.15, 0.2) is 65.6 Å². The van der Waals surface area contributed by atoms with Crippen LogP contribution in [-0.4, -0.2) is 21.8 Å². The lowest BCUT2D eigenvalue weighted by atomic mass is 10.1. The summed E-state index contributed by atoms with van der Waals surface area (Å²) < 4.78 is 7.06. The van der Waals surface area contributed by atoms with Crippen molar-refractivity contribution >= 4 is 11.0 Å². The third-order valence-electron chi connectivity index (χ3n) is 4.52. The van der Waals surface area contributed by atoms with E-state index in [1.165, 1.54) is 0 Å². The average Bonchev–Trinajstić information content (AvgIpc) is 3.12. The van der Waals surface area contributed by atoms with Gasteiger partial charge in [0, 0.05) is 11.9 Å². The maximum atomic E-state index is 11.9. The molecule has 0 spiro atoms. The number of nitrogens with zero attached hydrogens (tertiary/aromatic N) is 1. The van der Waals surface area contributed by atoms with Crippen LogP contribution in [0, 0.1) is 12.3 Å². The van der Waals surface area contributed by atoms with Gasteiger partial charge in [-0.2, -0.15) is 0 Å². The molecule has 0 bridgehead atoms. The number of hydrogen-bond donors (Lipinski definition) is 2. The number of nitrogens with one attached hydrogen (secondary N) is 1. The summed E-state index contributed by atoms with van der Waals surface area (Å²) >= 11 is 0. The maximum absolute atomic E-state index is 11.9. The van der Waals surface area contributed by atoms with Crippen molar-refractivity contribution in [1.82, 2.24) is 9.55 Å². The second-order valence-corrected chi connectivity index (χ2v) is 6.05. The summed E-state index contributed by atoms with van der Waals surface area (Å²) in [6.07, 6.45) is 7.14. The minimum atomic E-state index is -0.478. The highest BCUT2D eigenvalue weighted by atomic mass is 16.5. The molecule has 2 aromatic carbocycles. The van der Waals surface area contributed by atoms with Gasteiger partial charge in [0.2, 0.25) is 0 Å². The van der Waals surface area contributed by atoms with Crippen LogP contribution in [0.4, 0.5) is 0 Å². The van der Waals surface area contributed by atoms with E-state index in [4.69, 9.17) is 11.2 Å². The Bertz CT molecular complexity index is 1240. The standard InChI is InChI=1S/C22H16N2O3/c1-3-18-21(25)20-19(23-22(18)26)11-12-24(20)16-9-7-14(8-10-16)15-5-4-6-17(13-15)27-2/h1,4-13H,2H3,(H2,23,25,26). The molecule has 0 aliphatic rings. The highest BCUT2D eigenvalue weighted by Crippen LogP contribution is 2.30. The maximum Gasteiger partial charge on any atom is 0.268 e. The number of benzene rings is 2. The number of hydrogen-bond acceptors (Lipinski definition) is 3. The molecule has 132 valence electrons. The molecular formula is C22H16N2O3. The molecule has 5 heteroatoms. The Kier molecular flexibility index (Phi) is 3.94. The molecule has 0 radical (unpaired) electrons. The second-order valence-electron chi connectivity index (χ2n) is 6.05. The number of aromatic hydroxyl groups is 1. The first-order chi connectivity index (χ1) is 13.1. The Morgan fingerprint density at radius 3 is 2.59 bits per heavy atom. The molecule has 2 heterocycles. The van der Waals surface area contributed by atoms with Gasteiger partial charge in [-0.15, -0.1) is 6.42 Å². The molecule has 2 aromatic heterocycles. The van der Waals surface area contributed by atoms with Gasteiger partial charge in [0.1, 0.15) is 16.8 Å². The first-order valence-electron chi connectivity index (χ1n) is 8.30. The minimum Gasteiger partial charge on any atom is -0.504 e. The van der Waals surface area contributed by atoms with Gasteiger partial charge >= 0.3 is 0 Å². The lowest BCUT2D eigenvalue weighted by Gasteiger charge is -2.09. The molecule has 0 aliphatic carbocycles. The Morgan fingerprint density at radius 2 is 1.89 bits per heavy atom. The molecule has 0 atom stereocenters. The molecule has 0 saturated heterocycles. The van der Waals surface area contributed by atoms with Crippen molar-refractivity contribution in [3.8, 4) is 40.7 Å². The highest BCUT2D eigenvalue weighted by Gasteiger charge is 2.14. The predicted octanol–water partition coefficient (Wildman–Crippen LogP) is 3.68. The fourth-order valence-electron chi connectivity index (χ4n) is 3.15. The highest BCUT2D eigenvalue weighted by molar-refractivity contribution is 5.86. The largest absolute Gasteiger partial charge is 0.504 e. The van der Waals surface area contributed by atoms with Gasteiger partial charge in [-0.3, -0.25) is 4.79 Å². The second kappa shape index (κ2) is 6.43. The summed E-state index contributed by atoms with van der Waals surface area (Å²) in [6, 6.07) is 17.4. The molecule has 4 rings (SSSR count). The molecule has 0 amide bonds. The average molecular weight is 356 g/mol. The lowest BCUT2D eigenvalue weighted by molar-refractivity contribution is 0.415. The third-order valence-corrected chi connectivity index (χ3v) is 4.52. The topological polar surface area (TPSA) is 67.2 Å². The van der Waals surface area contributed by atoms with Crippen molar-refractivity contribution in [2.24, 2.45) is 0 Å². The number of aromatic amines is 1. The van der Waals surface area contributed by atoms with E-state index in [0.29, 0.717) is 11.0 Å². The smallest absolute Gasteiger partial charge is 0.268 e. The van der Waals surface area contributed by atoms with Gasteiger partial charge in [-0.1, -0.05) is 30.2 Å². The number of aromatic nitrogens is 2. The zero-order valence-electron chi connectivity index (χ0n) is 14.6. The Morgan fingerprint density at radius 1 is 1.11 bits per heavy atom. The predicted molar refractivity (Wildman–Crippen MR) is 105 cm³/mol. The van der Waals surface area contributed by atoms with Crippen molar-refractivity contribution in [1.29, 1.82) is 0 Å². The molecule has 5 nitrogen and oxygen atoms in total. The van der Waals surface area contributed by atoms with Crippen LogP contribution in [0.5, 0.6) is 11.5 Å². The van der Waals surface area contributed by atoms with Gasteiger partial charge in [0.15, 0.2) is 5.75 Å². The summed E-state index contributed by atoms with van der Waals surface area (Å²) in [7, 11) is 1.64. The van der Waals surface area contributed by atoms with E-state index in [2.05, 4.69) is 10.9 Å². The van der Waals surface area contributed by atoms with E-state index >= 15 is 0 Å². The van der Waals surface area contributed by atoms with Gasteiger partial charge in [-0.05, 0) is 41.5 Å². The van der Waals surface area contributed by atoms with Gasteiger partial charge in [0.05, 0.1) is 12.6 Å². The van der Waals surface area contributed by atoms with Crippen LogP contribution in [0.25, 0.3) is 27.8 Å². The lowest BCUT2D eigenvalue weighted by Crippen LogP contribution is -2.10. The van der Waals surface area contributed by atoms with Crippen LogP contribution in [0.3, 0.4) is 0 Å². The summed E-state index contributed by atoms with van der Waals surface area (Å²) in [6.45, 7) is 0. The molecule has 27 heavy (non-hydrogen) atoms. The monoisotopic (exact) mass is 356 g/mol. The molecule has 4 aromatic rings. The van der Waals surface area contributed by atoms with Crippen LogP contribution < -0.4 is 10.3 Å². The SMILES string of the molecule is C#Cc1c(O)c2c(ccn2-c2ccc(-c3cccc(OC)c3)cc2)[nH]c1=O. The van der Waals surface area contributed by atoms with E-state index in [1.54, 1.807) is 23.9 Å². The molecule has 0 aliphatic heterocycles. The van der Waals surface area contributed by atoms with E-state index in [1.807, 2.05) is 48.5 Å². The number of pyridine rings is 1. The molecule has 0 saturated carbocycles. The number of ether oxygens (including phenoxy) is 1. The van der Waals surface area contributed by atoms with Gasteiger partial charge < -0.3 is 19.4 Å². The van der Waals surface area contributed by atoms with Crippen molar-refractivity contribution in [3.63, 3.8) is 0 Å². The van der Waals surface area contributed by atoms with Crippen molar-refractivity contribution in [2.45, 2.75) is 0 Å². The Balaban J connectivity index is 1.81. The third kappa shape index (κ3) is 2.74. The van der Waals surface area contributed by atoms with Crippen LogP contribution >= 0.6 is 0 Å². The number of fused-ring (bicyclic) bond motifs is 1. The number of rotatable bonds is 3. The van der Waals surface area contributed by atoms with Crippen molar-refractivity contribution in [3.05, 3.63) is 76.7 Å².